The molecule has 0 unspecified atom stereocenters. The molecule has 0 aromatic heterocycles. The number of amides is 1. The summed E-state index contributed by atoms with van der Waals surface area (Å²) in [5.74, 6) is -0.347. The van der Waals surface area contributed by atoms with E-state index in [-0.39, 0.29) is 11.9 Å². The van der Waals surface area contributed by atoms with E-state index in [4.69, 9.17) is 4.74 Å². The van der Waals surface area contributed by atoms with Crippen molar-refractivity contribution in [1.82, 2.24) is 5.32 Å². The number of fused-ring (bicyclic) bond motifs is 1. The van der Waals surface area contributed by atoms with Gasteiger partial charge in [-0.15, -0.1) is 0 Å². The topological polar surface area (TPSA) is 58.6 Å². The van der Waals surface area contributed by atoms with Crippen molar-refractivity contribution in [2.24, 2.45) is 0 Å². The second kappa shape index (κ2) is 12.4. The first-order valence-electron chi connectivity index (χ1n) is 14.4. The molecule has 4 aromatic carbocycles. The van der Waals surface area contributed by atoms with E-state index in [0.717, 1.165) is 49.0 Å². The van der Waals surface area contributed by atoms with Crippen molar-refractivity contribution in [3.8, 4) is 11.1 Å². The highest BCUT2D eigenvalue weighted by atomic mass is 16.6. The summed E-state index contributed by atoms with van der Waals surface area (Å²) < 4.78 is 5.67. The highest BCUT2D eigenvalue weighted by molar-refractivity contribution is 5.97. The highest BCUT2D eigenvalue weighted by Gasteiger charge is 2.22. The van der Waals surface area contributed by atoms with Gasteiger partial charge in [-0.1, -0.05) is 66.7 Å². The van der Waals surface area contributed by atoms with E-state index in [1.807, 2.05) is 87.5 Å². The van der Waals surface area contributed by atoms with Crippen LogP contribution >= 0.6 is 0 Å². The van der Waals surface area contributed by atoms with E-state index < -0.39 is 5.60 Å². The Balaban J connectivity index is 1.29. The third-order valence-electron chi connectivity index (χ3n) is 7.26. The Morgan fingerprint density at radius 1 is 0.854 bits per heavy atom. The molecule has 0 fully saturated rings. The number of benzene rings is 4. The second-order valence-electron chi connectivity index (χ2n) is 11.6. The third kappa shape index (κ3) is 7.23. The number of ether oxygens (including phenoxy) is 1. The highest BCUT2D eigenvalue weighted by Crippen LogP contribution is 2.31. The van der Waals surface area contributed by atoms with Crippen LogP contribution in [0, 0.1) is 0 Å². The van der Waals surface area contributed by atoms with Crippen LogP contribution in [-0.2, 0) is 24.1 Å². The summed E-state index contributed by atoms with van der Waals surface area (Å²) in [7, 11) is 0. The van der Waals surface area contributed by atoms with Gasteiger partial charge in [-0.05, 0) is 98.2 Å². The first-order valence-corrected chi connectivity index (χ1v) is 14.4. The number of carbonyl (C=O) groups is 2. The van der Waals surface area contributed by atoms with Crippen molar-refractivity contribution in [3.05, 3.63) is 125 Å². The smallest absolute Gasteiger partial charge is 0.339 e. The fourth-order valence-corrected chi connectivity index (χ4v) is 5.35. The van der Waals surface area contributed by atoms with E-state index in [1.54, 1.807) is 0 Å². The molecule has 0 radical (unpaired) electrons. The number of hydrogen-bond donors (Lipinski definition) is 1. The fourth-order valence-electron chi connectivity index (χ4n) is 5.35. The fraction of sp³-hybridized carbons (Fsp3) is 0.278. The average molecular weight is 547 g/mol. The molecule has 1 heterocycles. The van der Waals surface area contributed by atoms with Gasteiger partial charge in [0.2, 0.25) is 0 Å². The molecule has 0 spiro atoms. The molecular formula is C36H38N2O3. The lowest BCUT2D eigenvalue weighted by Gasteiger charge is -2.32. The van der Waals surface area contributed by atoms with Crippen LogP contribution in [-0.4, -0.2) is 30.6 Å². The lowest BCUT2D eigenvalue weighted by molar-refractivity contribution is 0.00703. The van der Waals surface area contributed by atoms with Gasteiger partial charge in [-0.25, -0.2) is 4.79 Å². The molecule has 1 amide bonds. The standard InChI is InChI=1S/C36H38N2O3/c1-36(2,3)41-35(40)32-17-8-7-16-31(32)28-14-9-13-27(23-28)25-38-22-10-15-29-24-30(18-19-33(29)38)34(39)37-21-20-26-11-5-4-6-12-26/h4-9,11-14,16-19,23-24H,10,15,20-22,25H2,1-3H3,(H,37,39). The van der Waals surface area contributed by atoms with Crippen molar-refractivity contribution in [2.45, 2.75) is 52.2 Å². The zero-order chi connectivity index (χ0) is 28.8. The summed E-state index contributed by atoms with van der Waals surface area (Å²) >= 11 is 0. The van der Waals surface area contributed by atoms with Crippen molar-refractivity contribution in [2.75, 3.05) is 18.0 Å². The van der Waals surface area contributed by atoms with E-state index in [0.29, 0.717) is 17.7 Å². The summed E-state index contributed by atoms with van der Waals surface area (Å²) in [6.07, 6.45) is 2.81. The Hall–Kier alpha value is -4.38. The first kappa shape index (κ1) is 28.2. The van der Waals surface area contributed by atoms with Crippen LogP contribution in [0.5, 0.6) is 0 Å². The van der Waals surface area contributed by atoms with Gasteiger partial charge in [-0.3, -0.25) is 4.79 Å². The normalized spacial score (nSPS) is 12.9. The van der Waals surface area contributed by atoms with Crippen LogP contribution in [0.1, 0.15) is 64.6 Å². The average Bonchev–Trinajstić information content (AvgIpc) is 2.97. The molecule has 4 aromatic rings. The molecule has 41 heavy (non-hydrogen) atoms. The summed E-state index contributed by atoms with van der Waals surface area (Å²) in [6.45, 7) is 7.95. The third-order valence-corrected chi connectivity index (χ3v) is 7.26. The van der Waals surface area contributed by atoms with Gasteiger partial charge in [0, 0.05) is 30.9 Å². The zero-order valence-corrected chi connectivity index (χ0v) is 24.2. The summed E-state index contributed by atoms with van der Waals surface area (Å²) in [5.41, 5.74) is 7.33. The molecule has 210 valence electrons. The van der Waals surface area contributed by atoms with Crippen molar-refractivity contribution in [3.63, 3.8) is 0 Å². The summed E-state index contributed by atoms with van der Waals surface area (Å²) in [4.78, 5) is 28.2. The number of nitrogens with one attached hydrogen (secondary N) is 1. The Bertz CT molecular complexity index is 1520. The molecule has 1 aliphatic rings. The number of rotatable bonds is 8. The van der Waals surface area contributed by atoms with Crippen molar-refractivity contribution < 1.29 is 14.3 Å². The molecule has 5 rings (SSSR count). The second-order valence-corrected chi connectivity index (χ2v) is 11.6. The van der Waals surface area contributed by atoms with E-state index >= 15 is 0 Å². The van der Waals surface area contributed by atoms with Gasteiger partial charge >= 0.3 is 5.97 Å². The number of esters is 1. The van der Waals surface area contributed by atoms with Crippen LogP contribution < -0.4 is 10.2 Å². The van der Waals surface area contributed by atoms with Gasteiger partial charge in [-0.2, -0.15) is 0 Å². The molecular weight excluding hydrogens is 508 g/mol. The van der Waals surface area contributed by atoms with Gasteiger partial charge in [0.05, 0.1) is 5.56 Å². The van der Waals surface area contributed by atoms with Gasteiger partial charge in [0.15, 0.2) is 0 Å². The Morgan fingerprint density at radius 2 is 1.61 bits per heavy atom. The lowest BCUT2D eigenvalue weighted by atomic mass is 9.96. The van der Waals surface area contributed by atoms with Crippen LogP contribution in [0.4, 0.5) is 5.69 Å². The predicted molar refractivity (Wildman–Crippen MR) is 165 cm³/mol. The van der Waals surface area contributed by atoms with E-state index in [1.165, 1.54) is 16.8 Å². The Morgan fingerprint density at radius 3 is 2.41 bits per heavy atom. The maximum absolute atomic E-state index is 12.9. The predicted octanol–water partition coefficient (Wildman–Crippen LogP) is 7.23. The molecule has 0 saturated heterocycles. The van der Waals surface area contributed by atoms with Crippen molar-refractivity contribution in [1.29, 1.82) is 0 Å². The van der Waals surface area contributed by atoms with Gasteiger partial charge < -0.3 is 15.0 Å². The van der Waals surface area contributed by atoms with Crippen LogP contribution in [0.3, 0.4) is 0 Å². The molecule has 5 nitrogen and oxygen atoms in total. The van der Waals surface area contributed by atoms with Crippen LogP contribution in [0.2, 0.25) is 0 Å². The molecule has 0 saturated carbocycles. The van der Waals surface area contributed by atoms with Crippen molar-refractivity contribution >= 4 is 17.6 Å². The monoisotopic (exact) mass is 546 g/mol. The Kier molecular flexibility index (Phi) is 8.53. The van der Waals surface area contributed by atoms with Gasteiger partial charge in [0.25, 0.3) is 5.91 Å². The summed E-state index contributed by atoms with van der Waals surface area (Å²) in [6, 6.07) is 32.3. The molecule has 1 N–H and O–H groups in total. The SMILES string of the molecule is CC(C)(C)OC(=O)c1ccccc1-c1cccc(CN2CCCc3cc(C(=O)NCCc4ccccc4)ccc32)c1. The minimum Gasteiger partial charge on any atom is -0.456 e. The maximum atomic E-state index is 12.9. The quantitative estimate of drug-likeness (QED) is 0.237. The summed E-state index contributed by atoms with van der Waals surface area (Å²) in [5, 5.41) is 3.07. The number of carbonyl (C=O) groups excluding carboxylic acids is 2. The number of anilines is 1. The van der Waals surface area contributed by atoms with E-state index in [2.05, 4.69) is 40.5 Å². The first-order chi connectivity index (χ1) is 19.8. The molecule has 0 bridgehead atoms. The van der Waals surface area contributed by atoms with Crippen LogP contribution in [0.15, 0.2) is 97.1 Å². The number of aryl methyl sites for hydroxylation is 1. The van der Waals surface area contributed by atoms with Crippen LogP contribution in [0.25, 0.3) is 11.1 Å². The molecule has 0 atom stereocenters. The number of nitrogens with zero attached hydrogens (tertiary/aromatic N) is 1. The lowest BCUT2D eigenvalue weighted by Crippen LogP contribution is -2.30. The molecule has 5 heteroatoms. The largest absolute Gasteiger partial charge is 0.456 e. The number of hydrogen-bond acceptors (Lipinski definition) is 4. The van der Waals surface area contributed by atoms with Gasteiger partial charge in [0.1, 0.15) is 5.60 Å². The Labute approximate surface area is 243 Å². The minimum absolute atomic E-state index is 0.0304. The molecule has 1 aliphatic heterocycles. The zero-order valence-electron chi connectivity index (χ0n) is 24.2. The van der Waals surface area contributed by atoms with E-state index in [9.17, 15) is 9.59 Å². The molecule has 0 aliphatic carbocycles. The maximum Gasteiger partial charge on any atom is 0.339 e. The minimum atomic E-state index is -0.559.